The van der Waals surface area contributed by atoms with Gasteiger partial charge in [-0.25, -0.2) is 10.2 Å². The minimum Gasteiger partial charge on any atom is -0.423 e. The van der Waals surface area contributed by atoms with E-state index in [1.807, 2.05) is 19.1 Å². The standard InChI is InChI=1S/C25H32N2O3/c1-3-4-5-6-7-8-9-13-24(28)27-26-19-21-14-16-23(17-15-21)30-25(29)22-12-10-11-20(2)18-22/h10-12,14-19H,3-9,13H2,1-2H3,(H,27,28)/b26-19-. The summed E-state index contributed by atoms with van der Waals surface area (Å²) in [4.78, 5) is 24.0. The molecular formula is C25H32N2O3. The van der Waals surface area contributed by atoms with Gasteiger partial charge in [-0.05, 0) is 55.3 Å². The summed E-state index contributed by atoms with van der Waals surface area (Å²) in [5.74, 6) is 0.00267. The Kier molecular flexibility index (Phi) is 10.3. The van der Waals surface area contributed by atoms with E-state index in [9.17, 15) is 9.59 Å². The Morgan fingerprint density at radius 2 is 1.67 bits per heavy atom. The van der Waals surface area contributed by atoms with Crippen LogP contribution >= 0.6 is 0 Å². The molecule has 0 spiro atoms. The predicted octanol–water partition coefficient (Wildman–Crippen LogP) is 5.81. The first-order valence-corrected chi connectivity index (χ1v) is 10.8. The van der Waals surface area contributed by atoms with E-state index in [0.29, 0.717) is 17.7 Å². The van der Waals surface area contributed by atoms with Crippen LogP contribution in [0, 0.1) is 6.92 Å². The van der Waals surface area contributed by atoms with E-state index in [1.165, 1.54) is 32.1 Å². The lowest BCUT2D eigenvalue weighted by Gasteiger charge is -2.05. The Morgan fingerprint density at radius 3 is 2.37 bits per heavy atom. The molecule has 2 rings (SSSR count). The third kappa shape index (κ3) is 9.03. The lowest BCUT2D eigenvalue weighted by molar-refractivity contribution is -0.121. The van der Waals surface area contributed by atoms with Crippen molar-refractivity contribution in [3.63, 3.8) is 0 Å². The van der Waals surface area contributed by atoms with Crippen molar-refractivity contribution >= 4 is 18.1 Å². The van der Waals surface area contributed by atoms with E-state index in [0.717, 1.165) is 24.0 Å². The van der Waals surface area contributed by atoms with Crippen molar-refractivity contribution in [1.29, 1.82) is 0 Å². The van der Waals surface area contributed by atoms with Crippen molar-refractivity contribution in [3.05, 3.63) is 65.2 Å². The van der Waals surface area contributed by atoms with Crippen molar-refractivity contribution in [1.82, 2.24) is 5.43 Å². The average molecular weight is 409 g/mol. The van der Waals surface area contributed by atoms with Gasteiger partial charge in [0.15, 0.2) is 0 Å². The number of hydrogen-bond donors (Lipinski definition) is 1. The number of nitrogens with one attached hydrogen (secondary N) is 1. The van der Waals surface area contributed by atoms with Crippen LogP contribution in [0.5, 0.6) is 5.75 Å². The van der Waals surface area contributed by atoms with Crippen molar-refractivity contribution in [2.24, 2.45) is 5.10 Å². The topological polar surface area (TPSA) is 67.8 Å². The van der Waals surface area contributed by atoms with E-state index in [-0.39, 0.29) is 5.91 Å². The number of hydrogen-bond acceptors (Lipinski definition) is 4. The first kappa shape index (κ1) is 23.3. The van der Waals surface area contributed by atoms with Gasteiger partial charge in [0, 0.05) is 6.42 Å². The smallest absolute Gasteiger partial charge is 0.343 e. The number of ether oxygens (including phenoxy) is 1. The lowest BCUT2D eigenvalue weighted by Crippen LogP contribution is -2.16. The predicted molar refractivity (Wildman–Crippen MR) is 121 cm³/mol. The number of carbonyl (C=O) groups excluding carboxylic acids is 2. The third-order valence-electron chi connectivity index (χ3n) is 4.75. The molecule has 0 saturated carbocycles. The highest BCUT2D eigenvalue weighted by molar-refractivity contribution is 5.91. The molecule has 0 saturated heterocycles. The Labute approximate surface area is 179 Å². The van der Waals surface area contributed by atoms with Gasteiger partial charge in [-0.15, -0.1) is 0 Å². The zero-order valence-electron chi connectivity index (χ0n) is 18.0. The van der Waals surface area contributed by atoms with Crippen molar-refractivity contribution < 1.29 is 14.3 Å². The van der Waals surface area contributed by atoms with Gasteiger partial charge in [0.25, 0.3) is 0 Å². The molecule has 5 heteroatoms. The number of unbranched alkanes of at least 4 members (excludes halogenated alkanes) is 6. The summed E-state index contributed by atoms with van der Waals surface area (Å²) in [6.07, 6.45) is 10.3. The Morgan fingerprint density at radius 1 is 0.967 bits per heavy atom. The van der Waals surface area contributed by atoms with Crippen LogP contribution in [-0.2, 0) is 4.79 Å². The summed E-state index contributed by atoms with van der Waals surface area (Å²) in [6, 6.07) is 14.2. The number of hydrazone groups is 1. The number of amides is 1. The molecule has 5 nitrogen and oxygen atoms in total. The van der Waals surface area contributed by atoms with Crippen LogP contribution < -0.4 is 10.2 Å². The molecule has 0 fully saturated rings. The molecule has 1 amide bonds. The van der Waals surface area contributed by atoms with Crippen LogP contribution in [0.15, 0.2) is 53.6 Å². The second-order valence-corrected chi connectivity index (χ2v) is 7.49. The van der Waals surface area contributed by atoms with Crippen LogP contribution in [0.2, 0.25) is 0 Å². The molecule has 0 heterocycles. The fourth-order valence-corrected chi connectivity index (χ4v) is 3.04. The summed E-state index contributed by atoms with van der Waals surface area (Å²) in [7, 11) is 0. The molecule has 0 atom stereocenters. The molecule has 0 aliphatic rings. The SMILES string of the molecule is CCCCCCCCCC(=O)N/N=C\c1ccc(OC(=O)c2cccc(C)c2)cc1. The molecule has 0 aliphatic heterocycles. The maximum atomic E-state index is 12.2. The summed E-state index contributed by atoms with van der Waals surface area (Å²) in [6.45, 7) is 4.14. The third-order valence-corrected chi connectivity index (χ3v) is 4.75. The van der Waals surface area contributed by atoms with Gasteiger partial charge < -0.3 is 4.74 Å². The van der Waals surface area contributed by atoms with Crippen LogP contribution in [-0.4, -0.2) is 18.1 Å². The van der Waals surface area contributed by atoms with E-state index >= 15 is 0 Å². The molecule has 0 unspecified atom stereocenters. The molecule has 0 bridgehead atoms. The molecule has 1 N–H and O–H groups in total. The Bertz CT molecular complexity index is 829. The minimum atomic E-state index is -0.391. The highest BCUT2D eigenvalue weighted by Crippen LogP contribution is 2.14. The highest BCUT2D eigenvalue weighted by Gasteiger charge is 2.08. The average Bonchev–Trinajstić information content (AvgIpc) is 2.74. The first-order chi connectivity index (χ1) is 14.6. The second-order valence-electron chi connectivity index (χ2n) is 7.49. The first-order valence-electron chi connectivity index (χ1n) is 10.8. The number of nitrogens with zero attached hydrogens (tertiary/aromatic N) is 1. The van der Waals surface area contributed by atoms with E-state index in [4.69, 9.17) is 4.74 Å². The van der Waals surface area contributed by atoms with Crippen LogP contribution in [0.3, 0.4) is 0 Å². The van der Waals surface area contributed by atoms with Gasteiger partial charge >= 0.3 is 5.97 Å². The summed E-state index contributed by atoms with van der Waals surface area (Å²) < 4.78 is 5.39. The monoisotopic (exact) mass is 408 g/mol. The molecular weight excluding hydrogens is 376 g/mol. The lowest BCUT2D eigenvalue weighted by atomic mass is 10.1. The fraction of sp³-hybridized carbons (Fsp3) is 0.400. The zero-order chi connectivity index (χ0) is 21.6. The molecule has 2 aromatic carbocycles. The largest absolute Gasteiger partial charge is 0.423 e. The fourth-order valence-electron chi connectivity index (χ4n) is 3.04. The van der Waals surface area contributed by atoms with E-state index in [2.05, 4.69) is 17.5 Å². The number of esters is 1. The van der Waals surface area contributed by atoms with Crippen molar-refractivity contribution in [2.45, 2.75) is 65.2 Å². The Balaban J connectivity index is 1.69. The second kappa shape index (κ2) is 13.3. The van der Waals surface area contributed by atoms with Crippen LogP contribution in [0.4, 0.5) is 0 Å². The van der Waals surface area contributed by atoms with Gasteiger partial charge in [-0.2, -0.15) is 5.10 Å². The molecule has 160 valence electrons. The van der Waals surface area contributed by atoms with E-state index in [1.54, 1.807) is 42.6 Å². The van der Waals surface area contributed by atoms with Gasteiger partial charge in [0.05, 0.1) is 11.8 Å². The van der Waals surface area contributed by atoms with Crippen LogP contribution in [0.25, 0.3) is 0 Å². The van der Waals surface area contributed by atoms with E-state index < -0.39 is 5.97 Å². The summed E-state index contributed by atoms with van der Waals surface area (Å²) in [5, 5.41) is 4.00. The molecule has 0 aliphatic carbocycles. The Hall–Kier alpha value is -2.95. The molecule has 2 aromatic rings. The summed E-state index contributed by atoms with van der Waals surface area (Å²) in [5.41, 5.74) is 4.89. The van der Waals surface area contributed by atoms with Gasteiger partial charge in [0.2, 0.25) is 5.91 Å². The zero-order valence-corrected chi connectivity index (χ0v) is 18.0. The van der Waals surface area contributed by atoms with Crippen molar-refractivity contribution in [3.8, 4) is 5.75 Å². The van der Waals surface area contributed by atoms with Gasteiger partial charge in [-0.1, -0.05) is 63.1 Å². The van der Waals surface area contributed by atoms with Crippen molar-refractivity contribution in [2.75, 3.05) is 0 Å². The minimum absolute atomic E-state index is 0.0662. The number of benzene rings is 2. The molecule has 30 heavy (non-hydrogen) atoms. The number of rotatable bonds is 12. The highest BCUT2D eigenvalue weighted by atomic mass is 16.5. The number of aryl methyl sites for hydroxylation is 1. The van der Waals surface area contributed by atoms with Gasteiger partial charge in [0.1, 0.15) is 5.75 Å². The normalized spacial score (nSPS) is 10.9. The number of carbonyl (C=O) groups is 2. The maximum absolute atomic E-state index is 12.2. The maximum Gasteiger partial charge on any atom is 0.343 e. The summed E-state index contributed by atoms with van der Waals surface area (Å²) >= 11 is 0. The quantitative estimate of drug-likeness (QED) is 0.159. The molecule has 0 aromatic heterocycles. The van der Waals surface area contributed by atoms with Gasteiger partial charge in [-0.3, -0.25) is 4.79 Å². The molecule has 0 radical (unpaired) electrons. The van der Waals surface area contributed by atoms with Crippen LogP contribution in [0.1, 0.15) is 79.8 Å².